The number of anilines is 1. The zero-order valence-electron chi connectivity index (χ0n) is 18.9. The molecule has 1 fully saturated rings. The lowest BCUT2D eigenvalue weighted by Gasteiger charge is -2.36. The van der Waals surface area contributed by atoms with E-state index in [2.05, 4.69) is 44.5 Å². The monoisotopic (exact) mass is 471 g/mol. The molecule has 0 amide bonds. The second-order valence-electron chi connectivity index (χ2n) is 9.33. The van der Waals surface area contributed by atoms with E-state index in [0.717, 1.165) is 19.0 Å². The topological polar surface area (TPSA) is 101 Å². The van der Waals surface area contributed by atoms with Gasteiger partial charge in [0.15, 0.2) is 0 Å². The van der Waals surface area contributed by atoms with Crippen molar-refractivity contribution in [3.63, 3.8) is 0 Å². The average Bonchev–Trinajstić information content (AvgIpc) is 3.21. The number of aromatic nitrogens is 5. The molecule has 4 heterocycles. The second-order valence-corrected chi connectivity index (χ2v) is 9.33. The molecule has 178 valence electrons. The zero-order valence-corrected chi connectivity index (χ0v) is 18.9. The van der Waals surface area contributed by atoms with E-state index in [-0.39, 0.29) is 34.3 Å². The van der Waals surface area contributed by atoms with Crippen LogP contribution in [0.2, 0.25) is 0 Å². The van der Waals surface area contributed by atoms with Gasteiger partial charge in [-0.05, 0) is 26.7 Å². The smallest absolute Gasteiger partial charge is 0.350 e. The first-order chi connectivity index (χ1) is 16.0. The van der Waals surface area contributed by atoms with Gasteiger partial charge in [0.05, 0.1) is 16.6 Å². The van der Waals surface area contributed by atoms with Gasteiger partial charge in [0.1, 0.15) is 5.56 Å². The van der Waals surface area contributed by atoms with Crippen molar-refractivity contribution >= 4 is 27.6 Å². The maximum atomic E-state index is 13.9. The first-order valence-corrected chi connectivity index (χ1v) is 11.0. The number of piperidine rings is 1. The summed E-state index contributed by atoms with van der Waals surface area (Å²) in [5.41, 5.74) is -0.988. The quantitative estimate of drug-likeness (QED) is 0.420. The molecular formula is C23H24F3N7O. The Bertz CT molecular complexity index is 1440. The van der Waals surface area contributed by atoms with Crippen LogP contribution in [0.3, 0.4) is 0 Å². The van der Waals surface area contributed by atoms with Gasteiger partial charge in [-0.25, -0.2) is 9.97 Å². The number of H-pyrrole nitrogens is 1. The lowest BCUT2D eigenvalue weighted by molar-refractivity contribution is -0.137. The highest BCUT2D eigenvalue weighted by Crippen LogP contribution is 2.39. The number of hydrogen-bond donors (Lipinski definition) is 3. The molecule has 0 radical (unpaired) electrons. The Morgan fingerprint density at radius 2 is 2.00 bits per heavy atom. The highest BCUT2D eigenvalue weighted by Gasteiger charge is 2.36. The molecule has 0 aliphatic carbocycles. The van der Waals surface area contributed by atoms with E-state index in [1.807, 2.05) is 0 Å². The number of aromatic amines is 1. The molecule has 1 aliphatic rings. The van der Waals surface area contributed by atoms with E-state index in [4.69, 9.17) is 0 Å². The minimum atomic E-state index is -4.66. The Balaban J connectivity index is 1.62. The highest BCUT2D eigenvalue weighted by molar-refractivity contribution is 6.10. The first-order valence-electron chi connectivity index (χ1n) is 11.0. The summed E-state index contributed by atoms with van der Waals surface area (Å²) in [4.78, 5) is 25.3. The molecule has 4 aromatic rings. The van der Waals surface area contributed by atoms with Crippen molar-refractivity contribution in [1.29, 1.82) is 0 Å². The van der Waals surface area contributed by atoms with Crippen LogP contribution in [0.25, 0.3) is 32.9 Å². The summed E-state index contributed by atoms with van der Waals surface area (Å²) in [6, 6.07) is 3.34. The number of rotatable bonds is 3. The van der Waals surface area contributed by atoms with E-state index in [1.54, 1.807) is 25.4 Å². The highest BCUT2D eigenvalue weighted by atomic mass is 19.4. The summed E-state index contributed by atoms with van der Waals surface area (Å²) in [6.45, 7) is 4.87. The Morgan fingerprint density at radius 1 is 1.21 bits per heavy atom. The van der Waals surface area contributed by atoms with Gasteiger partial charge in [-0.3, -0.25) is 14.5 Å². The summed E-state index contributed by atoms with van der Waals surface area (Å²) in [6.07, 6.45) is 0.890. The lowest BCUT2D eigenvalue weighted by atomic mass is 9.91. The molecule has 1 aliphatic heterocycles. The fraction of sp³-hybridized carbons (Fsp3) is 0.391. The molecule has 3 aromatic heterocycles. The van der Waals surface area contributed by atoms with Crippen LogP contribution in [0.1, 0.15) is 32.3 Å². The summed E-state index contributed by atoms with van der Waals surface area (Å²) >= 11 is 0. The van der Waals surface area contributed by atoms with Crippen molar-refractivity contribution < 1.29 is 13.2 Å². The van der Waals surface area contributed by atoms with Gasteiger partial charge in [0, 0.05) is 60.1 Å². The van der Waals surface area contributed by atoms with Crippen LogP contribution in [0.15, 0.2) is 35.5 Å². The number of nitrogens with one attached hydrogen (secondary N) is 3. The van der Waals surface area contributed by atoms with Crippen LogP contribution in [0.5, 0.6) is 0 Å². The van der Waals surface area contributed by atoms with Crippen molar-refractivity contribution in [2.45, 2.75) is 44.4 Å². The molecule has 0 spiro atoms. The van der Waals surface area contributed by atoms with E-state index >= 15 is 0 Å². The van der Waals surface area contributed by atoms with Crippen molar-refractivity contribution in [1.82, 2.24) is 30.0 Å². The molecule has 1 atom stereocenters. The molecule has 0 saturated carbocycles. The zero-order chi connectivity index (χ0) is 24.3. The van der Waals surface area contributed by atoms with Gasteiger partial charge in [-0.15, -0.1) is 0 Å². The molecule has 5 rings (SSSR count). The van der Waals surface area contributed by atoms with Gasteiger partial charge < -0.3 is 15.7 Å². The van der Waals surface area contributed by atoms with Crippen LogP contribution >= 0.6 is 0 Å². The number of nitrogens with zero attached hydrogens (tertiary/aromatic N) is 4. The van der Waals surface area contributed by atoms with Gasteiger partial charge in [-0.2, -0.15) is 13.2 Å². The van der Waals surface area contributed by atoms with Crippen LogP contribution in [0.4, 0.5) is 19.1 Å². The number of fused-ring (bicyclic) bond motifs is 3. The van der Waals surface area contributed by atoms with Gasteiger partial charge >= 0.3 is 6.18 Å². The molecule has 1 aromatic carbocycles. The number of alkyl halides is 3. The standard InChI is InChI=1S/C23H24F3N7O/c1-22(2)7-6-13(9-29-22)31-21-28-11-16(23(24,25)26)18(32-21)15-10-27-19-14(15)5-4-12-8-30-33(3)20(34)17(12)19/h4-5,8,10-11,13,29-30H,6-7,9H2,1-3H3,(H,28,31,32)/t13-/m0/s1. The van der Waals surface area contributed by atoms with Gasteiger partial charge in [-0.1, -0.05) is 12.1 Å². The third-order valence-corrected chi connectivity index (χ3v) is 6.38. The fourth-order valence-electron chi connectivity index (χ4n) is 4.38. The van der Waals surface area contributed by atoms with Crippen molar-refractivity contribution in [3.05, 3.63) is 46.6 Å². The molecular weight excluding hydrogens is 447 g/mol. The van der Waals surface area contributed by atoms with E-state index in [0.29, 0.717) is 28.2 Å². The summed E-state index contributed by atoms with van der Waals surface area (Å²) in [5.74, 6) is 0.121. The van der Waals surface area contributed by atoms with Crippen LogP contribution in [-0.2, 0) is 13.2 Å². The fourth-order valence-corrected chi connectivity index (χ4v) is 4.38. The van der Waals surface area contributed by atoms with Gasteiger partial charge in [0.2, 0.25) is 5.95 Å². The summed E-state index contributed by atoms with van der Waals surface area (Å²) in [7, 11) is 1.57. The molecule has 34 heavy (non-hydrogen) atoms. The molecule has 0 unspecified atom stereocenters. The predicted octanol–water partition coefficient (Wildman–Crippen LogP) is 3.83. The van der Waals surface area contributed by atoms with E-state index in [1.165, 1.54) is 10.9 Å². The van der Waals surface area contributed by atoms with E-state index < -0.39 is 11.7 Å². The van der Waals surface area contributed by atoms with Crippen LogP contribution < -0.4 is 16.2 Å². The first kappa shape index (κ1) is 22.3. The van der Waals surface area contributed by atoms with Crippen molar-refractivity contribution in [2.24, 2.45) is 7.05 Å². The number of benzene rings is 1. The minimum Gasteiger partial charge on any atom is -0.350 e. The Hall–Kier alpha value is -3.47. The second kappa shape index (κ2) is 7.79. The third kappa shape index (κ3) is 3.89. The van der Waals surface area contributed by atoms with Crippen LogP contribution in [-0.4, -0.2) is 42.9 Å². The Labute approximate surface area is 192 Å². The predicted molar refractivity (Wildman–Crippen MR) is 124 cm³/mol. The third-order valence-electron chi connectivity index (χ3n) is 6.38. The normalized spacial score (nSPS) is 18.5. The van der Waals surface area contributed by atoms with E-state index in [9.17, 15) is 18.0 Å². The molecule has 0 bridgehead atoms. The largest absolute Gasteiger partial charge is 0.419 e. The number of hydrogen-bond acceptors (Lipinski definition) is 6. The maximum Gasteiger partial charge on any atom is 0.419 e. The van der Waals surface area contributed by atoms with Crippen molar-refractivity contribution in [2.75, 3.05) is 11.9 Å². The molecule has 8 nitrogen and oxygen atoms in total. The molecule has 1 saturated heterocycles. The lowest BCUT2D eigenvalue weighted by Crippen LogP contribution is -2.50. The Kier molecular flexibility index (Phi) is 5.12. The van der Waals surface area contributed by atoms with Crippen molar-refractivity contribution in [3.8, 4) is 11.3 Å². The Morgan fingerprint density at radius 3 is 2.71 bits per heavy atom. The van der Waals surface area contributed by atoms with Crippen LogP contribution in [0, 0.1) is 0 Å². The SMILES string of the molecule is Cn1[nH]cc2ccc3c(-c4nc(N[C@H]5CCC(C)(C)NC5)ncc4C(F)(F)F)cnc3c2c1=O. The number of aryl methyl sites for hydroxylation is 1. The molecule has 3 N–H and O–H groups in total. The summed E-state index contributed by atoms with van der Waals surface area (Å²) in [5, 5.41) is 10.8. The molecule has 11 heteroatoms. The van der Waals surface area contributed by atoms with Gasteiger partial charge in [0.25, 0.3) is 5.56 Å². The minimum absolute atomic E-state index is 0.00430. The summed E-state index contributed by atoms with van der Waals surface area (Å²) < 4.78 is 43.0. The average molecular weight is 471 g/mol. The maximum absolute atomic E-state index is 13.9. The number of halogens is 3.